The van der Waals surface area contributed by atoms with Crippen molar-refractivity contribution in [3.05, 3.63) is 42.1 Å². The molecule has 0 aliphatic carbocycles. The van der Waals surface area contributed by atoms with Crippen LogP contribution in [-0.2, 0) is 11.2 Å². The Bertz CT molecular complexity index is 951. The number of anilines is 3. The SMILES string of the molecule is c1cc(Nc2cc(-c3ccc4c(c3)CCO4)[nH]n2)nc(N2CCOCC2)n1. The van der Waals surface area contributed by atoms with Gasteiger partial charge in [0.05, 0.1) is 25.5 Å². The summed E-state index contributed by atoms with van der Waals surface area (Å²) in [7, 11) is 0. The first-order valence-corrected chi connectivity index (χ1v) is 9.09. The maximum atomic E-state index is 5.57. The van der Waals surface area contributed by atoms with Gasteiger partial charge in [-0.05, 0) is 29.8 Å². The summed E-state index contributed by atoms with van der Waals surface area (Å²) in [4.78, 5) is 11.1. The monoisotopic (exact) mass is 364 g/mol. The van der Waals surface area contributed by atoms with Gasteiger partial charge in [-0.25, -0.2) is 4.98 Å². The van der Waals surface area contributed by atoms with E-state index in [1.165, 1.54) is 5.56 Å². The second kappa shape index (κ2) is 6.88. The zero-order valence-corrected chi connectivity index (χ0v) is 14.8. The van der Waals surface area contributed by atoms with E-state index in [0.29, 0.717) is 30.8 Å². The number of fused-ring (bicyclic) bond motifs is 1. The van der Waals surface area contributed by atoms with E-state index < -0.39 is 0 Å². The molecule has 3 aromatic rings. The van der Waals surface area contributed by atoms with Crippen molar-refractivity contribution in [1.82, 2.24) is 20.2 Å². The van der Waals surface area contributed by atoms with Crippen molar-refractivity contribution < 1.29 is 9.47 Å². The number of aromatic amines is 1. The lowest BCUT2D eigenvalue weighted by atomic mass is 10.1. The van der Waals surface area contributed by atoms with Crippen LogP contribution in [0.25, 0.3) is 11.3 Å². The average molecular weight is 364 g/mol. The molecule has 2 aromatic heterocycles. The van der Waals surface area contributed by atoms with Crippen LogP contribution in [0.2, 0.25) is 0 Å². The predicted molar refractivity (Wildman–Crippen MR) is 102 cm³/mol. The smallest absolute Gasteiger partial charge is 0.227 e. The number of rotatable bonds is 4. The first-order valence-electron chi connectivity index (χ1n) is 9.09. The Hall–Kier alpha value is -3.13. The fourth-order valence-electron chi connectivity index (χ4n) is 3.35. The van der Waals surface area contributed by atoms with Gasteiger partial charge in [0.15, 0.2) is 5.82 Å². The summed E-state index contributed by atoms with van der Waals surface area (Å²) in [5.41, 5.74) is 3.29. The molecule has 0 bridgehead atoms. The quantitative estimate of drug-likeness (QED) is 0.735. The van der Waals surface area contributed by atoms with Crippen LogP contribution in [-0.4, -0.2) is 53.1 Å². The maximum absolute atomic E-state index is 5.57. The number of H-pyrrole nitrogens is 1. The summed E-state index contributed by atoms with van der Waals surface area (Å²) in [6.07, 6.45) is 2.71. The molecule has 27 heavy (non-hydrogen) atoms. The van der Waals surface area contributed by atoms with Gasteiger partial charge in [0.1, 0.15) is 11.6 Å². The molecule has 0 amide bonds. The normalized spacial score (nSPS) is 16.1. The van der Waals surface area contributed by atoms with Crippen LogP contribution in [0.4, 0.5) is 17.6 Å². The molecule has 138 valence electrons. The number of hydrogen-bond acceptors (Lipinski definition) is 7. The number of nitrogens with zero attached hydrogens (tertiary/aromatic N) is 4. The molecule has 0 unspecified atom stereocenters. The van der Waals surface area contributed by atoms with E-state index in [1.807, 2.05) is 24.3 Å². The molecule has 1 aromatic carbocycles. The second-order valence-corrected chi connectivity index (χ2v) is 6.55. The zero-order valence-electron chi connectivity index (χ0n) is 14.8. The Morgan fingerprint density at radius 1 is 1.04 bits per heavy atom. The van der Waals surface area contributed by atoms with Crippen LogP contribution in [0.5, 0.6) is 5.75 Å². The minimum absolute atomic E-state index is 0.704. The molecular formula is C19H20N6O2. The van der Waals surface area contributed by atoms with Crippen molar-refractivity contribution >= 4 is 17.6 Å². The molecule has 5 rings (SSSR count). The number of morpholine rings is 1. The molecule has 2 N–H and O–H groups in total. The topological polar surface area (TPSA) is 88.2 Å². The fraction of sp³-hybridized carbons (Fsp3) is 0.316. The van der Waals surface area contributed by atoms with Crippen molar-refractivity contribution in [2.75, 3.05) is 43.1 Å². The highest BCUT2D eigenvalue weighted by atomic mass is 16.5. The van der Waals surface area contributed by atoms with E-state index in [4.69, 9.17) is 9.47 Å². The van der Waals surface area contributed by atoms with Crippen LogP contribution >= 0.6 is 0 Å². The van der Waals surface area contributed by atoms with Gasteiger partial charge >= 0.3 is 0 Å². The van der Waals surface area contributed by atoms with E-state index in [9.17, 15) is 0 Å². The minimum Gasteiger partial charge on any atom is -0.493 e. The summed E-state index contributed by atoms with van der Waals surface area (Å²) in [5.74, 6) is 3.12. The highest BCUT2D eigenvalue weighted by Gasteiger charge is 2.15. The Labute approximate surface area is 156 Å². The van der Waals surface area contributed by atoms with E-state index in [0.717, 1.165) is 43.1 Å². The van der Waals surface area contributed by atoms with Gasteiger partial charge in [-0.15, -0.1) is 0 Å². The van der Waals surface area contributed by atoms with Gasteiger partial charge < -0.3 is 19.7 Å². The third-order valence-corrected chi connectivity index (χ3v) is 4.77. The van der Waals surface area contributed by atoms with E-state index in [2.05, 4.69) is 36.4 Å². The van der Waals surface area contributed by atoms with Gasteiger partial charge in [-0.1, -0.05) is 0 Å². The van der Waals surface area contributed by atoms with Gasteiger partial charge in [0.25, 0.3) is 0 Å². The average Bonchev–Trinajstić information content (AvgIpc) is 3.37. The van der Waals surface area contributed by atoms with E-state index >= 15 is 0 Å². The van der Waals surface area contributed by atoms with E-state index in [-0.39, 0.29) is 0 Å². The molecule has 0 saturated carbocycles. The lowest BCUT2D eigenvalue weighted by Gasteiger charge is -2.26. The minimum atomic E-state index is 0.704. The molecule has 8 heteroatoms. The molecule has 8 nitrogen and oxygen atoms in total. The van der Waals surface area contributed by atoms with Crippen LogP contribution in [0.3, 0.4) is 0 Å². The van der Waals surface area contributed by atoms with Crippen LogP contribution in [0.15, 0.2) is 36.5 Å². The summed E-state index contributed by atoms with van der Waals surface area (Å²) in [6, 6.07) is 10.0. The number of ether oxygens (including phenoxy) is 2. The van der Waals surface area contributed by atoms with Crippen molar-refractivity contribution in [3.8, 4) is 17.0 Å². The van der Waals surface area contributed by atoms with Crippen LogP contribution in [0.1, 0.15) is 5.56 Å². The number of hydrogen-bond donors (Lipinski definition) is 2. The zero-order chi connectivity index (χ0) is 18.1. The van der Waals surface area contributed by atoms with Crippen molar-refractivity contribution in [1.29, 1.82) is 0 Å². The largest absolute Gasteiger partial charge is 0.493 e. The molecular weight excluding hydrogens is 344 g/mol. The predicted octanol–water partition coefficient (Wildman–Crippen LogP) is 2.38. The number of aromatic nitrogens is 4. The molecule has 0 atom stereocenters. The molecule has 0 spiro atoms. The lowest BCUT2D eigenvalue weighted by Crippen LogP contribution is -2.37. The second-order valence-electron chi connectivity index (χ2n) is 6.55. The van der Waals surface area contributed by atoms with Crippen molar-refractivity contribution in [3.63, 3.8) is 0 Å². The molecule has 1 saturated heterocycles. The molecule has 2 aliphatic rings. The first-order chi connectivity index (χ1) is 13.3. The molecule has 4 heterocycles. The number of nitrogens with one attached hydrogen (secondary N) is 2. The van der Waals surface area contributed by atoms with E-state index in [1.54, 1.807) is 6.20 Å². The Morgan fingerprint density at radius 3 is 2.89 bits per heavy atom. The van der Waals surface area contributed by atoms with Gasteiger partial charge in [-0.3, -0.25) is 5.10 Å². The van der Waals surface area contributed by atoms with Gasteiger partial charge in [0.2, 0.25) is 5.95 Å². The van der Waals surface area contributed by atoms with Crippen molar-refractivity contribution in [2.45, 2.75) is 6.42 Å². The van der Waals surface area contributed by atoms with Crippen molar-refractivity contribution in [2.24, 2.45) is 0 Å². The summed E-state index contributed by atoms with van der Waals surface area (Å²) in [5, 5.41) is 10.7. The maximum Gasteiger partial charge on any atom is 0.227 e. The highest BCUT2D eigenvalue weighted by Crippen LogP contribution is 2.30. The molecule has 0 radical (unpaired) electrons. The highest BCUT2D eigenvalue weighted by molar-refractivity contribution is 5.67. The number of benzene rings is 1. The summed E-state index contributed by atoms with van der Waals surface area (Å²) >= 11 is 0. The third kappa shape index (κ3) is 3.31. The summed E-state index contributed by atoms with van der Waals surface area (Å²) in [6.45, 7) is 3.77. The fourth-order valence-corrected chi connectivity index (χ4v) is 3.35. The van der Waals surface area contributed by atoms with Crippen LogP contribution < -0.4 is 15.0 Å². The Morgan fingerprint density at radius 2 is 1.96 bits per heavy atom. The van der Waals surface area contributed by atoms with Gasteiger partial charge in [0, 0.05) is 37.3 Å². The summed E-state index contributed by atoms with van der Waals surface area (Å²) < 4.78 is 11.0. The standard InChI is InChI=1S/C19H20N6O2/c1-2-16-14(4-8-27-16)11-13(1)15-12-18(24-23-15)21-17-3-5-20-19(22-17)25-6-9-26-10-7-25/h1-3,5,11-12H,4,6-10H2,(H2,20,21,22,23,24). The van der Waals surface area contributed by atoms with Crippen LogP contribution in [0, 0.1) is 0 Å². The Kier molecular flexibility index (Phi) is 4.10. The first kappa shape index (κ1) is 16.1. The third-order valence-electron chi connectivity index (χ3n) is 4.77. The molecule has 2 aliphatic heterocycles. The lowest BCUT2D eigenvalue weighted by molar-refractivity contribution is 0.122. The van der Waals surface area contributed by atoms with Gasteiger partial charge in [-0.2, -0.15) is 10.1 Å². The molecule has 1 fully saturated rings. The Balaban J connectivity index is 1.33.